The number of aromatic nitrogens is 2. The van der Waals surface area contributed by atoms with Crippen LogP contribution in [-0.4, -0.2) is 65.1 Å². The van der Waals surface area contributed by atoms with Crippen LogP contribution < -0.4 is 0 Å². The first-order chi connectivity index (χ1) is 12.3. The van der Waals surface area contributed by atoms with Crippen LogP contribution in [0.5, 0.6) is 0 Å². The van der Waals surface area contributed by atoms with Crippen molar-refractivity contribution in [3.8, 4) is 0 Å². The highest BCUT2D eigenvalue weighted by Crippen LogP contribution is 2.31. The number of nitrogens with zero attached hydrogens (tertiary/aromatic N) is 4. The Bertz CT molecular complexity index is 698. The molecule has 6 nitrogen and oxygen atoms in total. The highest BCUT2D eigenvalue weighted by molar-refractivity contribution is 5.84. The molecule has 25 heavy (non-hydrogen) atoms. The van der Waals surface area contributed by atoms with Gasteiger partial charge in [0.05, 0.1) is 13.2 Å². The third-order valence-corrected chi connectivity index (χ3v) is 4.94. The summed E-state index contributed by atoms with van der Waals surface area (Å²) in [4.78, 5) is 26.0. The van der Waals surface area contributed by atoms with Crippen molar-refractivity contribution < 1.29 is 9.53 Å². The van der Waals surface area contributed by atoms with Gasteiger partial charge in [-0.1, -0.05) is 12.1 Å². The molecule has 2 aromatic rings. The van der Waals surface area contributed by atoms with Gasteiger partial charge in [0.25, 0.3) is 0 Å². The van der Waals surface area contributed by atoms with Gasteiger partial charge >= 0.3 is 0 Å². The van der Waals surface area contributed by atoms with E-state index in [4.69, 9.17) is 4.74 Å². The second-order valence-corrected chi connectivity index (χ2v) is 6.53. The molecule has 6 heteroatoms. The van der Waals surface area contributed by atoms with Crippen molar-refractivity contribution in [2.45, 2.75) is 12.0 Å². The van der Waals surface area contributed by atoms with Gasteiger partial charge in [0.1, 0.15) is 6.04 Å². The van der Waals surface area contributed by atoms with Crippen LogP contribution in [0.1, 0.15) is 23.2 Å². The summed E-state index contributed by atoms with van der Waals surface area (Å²) in [6.07, 6.45) is 5.35. The number of rotatable bonds is 4. The summed E-state index contributed by atoms with van der Waals surface area (Å²) in [5, 5.41) is 0. The van der Waals surface area contributed by atoms with Crippen LogP contribution in [0.4, 0.5) is 0 Å². The molecule has 0 radical (unpaired) electrons. The van der Waals surface area contributed by atoms with E-state index in [-0.39, 0.29) is 11.9 Å². The van der Waals surface area contributed by atoms with Crippen LogP contribution >= 0.6 is 0 Å². The van der Waals surface area contributed by atoms with Crippen LogP contribution in [-0.2, 0) is 9.53 Å². The Morgan fingerprint density at radius 3 is 2.64 bits per heavy atom. The van der Waals surface area contributed by atoms with E-state index in [2.05, 4.69) is 14.9 Å². The summed E-state index contributed by atoms with van der Waals surface area (Å²) < 4.78 is 5.45. The average molecular weight is 338 g/mol. The molecule has 4 rings (SSSR count). The summed E-state index contributed by atoms with van der Waals surface area (Å²) in [6, 6.07) is 9.56. The Morgan fingerprint density at radius 1 is 1.12 bits per heavy atom. The minimum Gasteiger partial charge on any atom is -0.379 e. The molecule has 0 aromatic carbocycles. The molecule has 1 amide bonds. The number of ether oxygens (including phenoxy) is 1. The number of morpholine rings is 1. The molecule has 0 saturated carbocycles. The second-order valence-electron chi connectivity index (χ2n) is 6.53. The zero-order chi connectivity index (χ0) is 17.1. The first-order valence-corrected chi connectivity index (χ1v) is 8.74. The Balaban J connectivity index is 1.49. The zero-order valence-electron chi connectivity index (χ0n) is 14.1. The smallest absolute Gasteiger partial charge is 0.244 e. The molecule has 2 fully saturated rings. The van der Waals surface area contributed by atoms with Crippen LogP contribution in [0.3, 0.4) is 0 Å². The molecule has 2 aliphatic heterocycles. The maximum Gasteiger partial charge on any atom is 0.244 e. The van der Waals surface area contributed by atoms with Crippen LogP contribution in [0.25, 0.3) is 0 Å². The Labute approximate surface area is 147 Å². The summed E-state index contributed by atoms with van der Waals surface area (Å²) in [5.41, 5.74) is 2.02. The van der Waals surface area contributed by atoms with Crippen molar-refractivity contribution in [1.29, 1.82) is 0 Å². The van der Waals surface area contributed by atoms with Crippen molar-refractivity contribution >= 4 is 5.91 Å². The number of carbonyl (C=O) groups is 1. The van der Waals surface area contributed by atoms with Crippen molar-refractivity contribution in [1.82, 2.24) is 19.8 Å². The number of hydrogen-bond acceptors (Lipinski definition) is 5. The molecule has 0 spiro atoms. The number of hydrogen-bond donors (Lipinski definition) is 0. The van der Waals surface area contributed by atoms with Gasteiger partial charge in [0.15, 0.2) is 0 Å². The summed E-state index contributed by atoms with van der Waals surface area (Å²) in [6.45, 7) is 4.33. The first-order valence-electron chi connectivity index (χ1n) is 8.74. The lowest BCUT2D eigenvalue weighted by Gasteiger charge is -2.43. The number of carbonyl (C=O) groups excluding carboxylic acids is 1. The largest absolute Gasteiger partial charge is 0.379 e. The molecule has 2 aliphatic rings. The normalized spacial score (nSPS) is 20.1. The molecule has 1 atom stereocenters. The zero-order valence-corrected chi connectivity index (χ0v) is 14.1. The van der Waals surface area contributed by atoms with Crippen LogP contribution in [0.15, 0.2) is 48.9 Å². The number of pyridine rings is 2. The van der Waals surface area contributed by atoms with Crippen LogP contribution in [0.2, 0.25) is 0 Å². The van der Waals surface area contributed by atoms with Gasteiger partial charge in [0, 0.05) is 56.4 Å². The minimum absolute atomic E-state index is 0.155. The van der Waals surface area contributed by atoms with Crippen molar-refractivity contribution in [3.63, 3.8) is 0 Å². The predicted molar refractivity (Wildman–Crippen MR) is 92.9 cm³/mol. The highest BCUT2D eigenvalue weighted by Gasteiger charge is 2.39. The quantitative estimate of drug-likeness (QED) is 0.845. The molecule has 0 N–H and O–H groups in total. The third-order valence-electron chi connectivity index (χ3n) is 4.94. The van der Waals surface area contributed by atoms with E-state index in [1.807, 2.05) is 41.4 Å². The Morgan fingerprint density at radius 2 is 1.96 bits per heavy atom. The molecule has 0 bridgehead atoms. The van der Waals surface area contributed by atoms with Gasteiger partial charge in [-0.3, -0.25) is 19.7 Å². The van der Waals surface area contributed by atoms with Crippen molar-refractivity contribution in [2.24, 2.45) is 0 Å². The SMILES string of the molecule is O=C([C@H](c1cccnc1)N1CCOCC1)N1CC(c2ccccn2)C1. The minimum atomic E-state index is -0.276. The van der Waals surface area contributed by atoms with E-state index in [0.717, 1.165) is 37.4 Å². The highest BCUT2D eigenvalue weighted by atomic mass is 16.5. The number of likely N-dealkylation sites (tertiary alicyclic amines) is 1. The van der Waals surface area contributed by atoms with E-state index in [0.29, 0.717) is 19.1 Å². The van der Waals surface area contributed by atoms with E-state index in [1.54, 1.807) is 12.4 Å². The second kappa shape index (κ2) is 7.29. The summed E-state index contributed by atoms with van der Waals surface area (Å²) in [7, 11) is 0. The van der Waals surface area contributed by atoms with E-state index >= 15 is 0 Å². The Kier molecular flexibility index (Phi) is 4.72. The van der Waals surface area contributed by atoms with Gasteiger partial charge in [-0.25, -0.2) is 0 Å². The molecular formula is C19H22N4O2. The van der Waals surface area contributed by atoms with E-state index < -0.39 is 0 Å². The maximum absolute atomic E-state index is 13.2. The van der Waals surface area contributed by atoms with Gasteiger partial charge < -0.3 is 9.64 Å². The fourth-order valence-electron chi connectivity index (χ4n) is 3.52. The Hall–Kier alpha value is -2.31. The summed E-state index contributed by atoms with van der Waals surface area (Å²) >= 11 is 0. The lowest BCUT2D eigenvalue weighted by molar-refractivity contribution is -0.143. The lowest BCUT2D eigenvalue weighted by Crippen LogP contribution is -2.54. The predicted octanol–water partition coefficient (Wildman–Crippen LogP) is 1.48. The molecule has 2 aromatic heterocycles. The van der Waals surface area contributed by atoms with Crippen molar-refractivity contribution in [2.75, 3.05) is 39.4 Å². The molecule has 130 valence electrons. The van der Waals surface area contributed by atoms with E-state index in [9.17, 15) is 4.79 Å². The van der Waals surface area contributed by atoms with Gasteiger partial charge in [0.2, 0.25) is 5.91 Å². The maximum atomic E-state index is 13.2. The molecule has 0 unspecified atom stereocenters. The molecule has 0 aliphatic carbocycles. The van der Waals surface area contributed by atoms with Crippen molar-refractivity contribution in [3.05, 3.63) is 60.2 Å². The van der Waals surface area contributed by atoms with Gasteiger partial charge in [-0.15, -0.1) is 0 Å². The lowest BCUT2D eigenvalue weighted by atomic mass is 9.93. The number of amides is 1. The van der Waals surface area contributed by atoms with Gasteiger partial charge in [-0.2, -0.15) is 0 Å². The van der Waals surface area contributed by atoms with Gasteiger partial charge in [-0.05, 0) is 23.8 Å². The average Bonchev–Trinajstić information content (AvgIpc) is 2.63. The monoisotopic (exact) mass is 338 g/mol. The molecular weight excluding hydrogens is 316 g/mol. The van der Waals surface area contributed by atoms with E-state index in [1.165, 1.54) is 0 Å². The molecule has 2 saturated heterocycles. The topological polar surface area (TPSA) is 58.6 Å². The standard InChI is InChI=1S/C19H22N4O2/c24-19(23-13-16(14-23)17-5-1-2-7-21-17)18(15-4-3-6-20-12-15)22-8-10-25-11-9-22/h1-7,12,16,18H,8-11,13-14H2/t18-/m0/s1. The molecule has 4 heterocycles. The summed E-state index contributed by atoms with van der Waals surface area (Å²) in [5.74, 6) is 0.492. The van der Waals surface area contributed by atoms with Crippen LogP contribution in [0, 0.1) is 0 Å². The third kappa shape index (κ3) is 3.41. The fraction of sp³-hybridized carbons (Fsp3) is 0.421. The first kappa shape index (κ1) is 16.2. The fourth-order valence-corrected chi connectivity index (χ4v) is 3.52.